The maximum atomic E-state index is 13.1. The Kier molecular flexibility index (Phi) is 6.45. The molecule has 1 aliphatic heterocycles. The summed E-state index contributed by atoms with van der Waals surface area (Å²) < 4.78 is 5.66. The number of hydrogen-bond donors (Lipinski definition) is 2. The van der Waals surface area contributed by atoms with Gasteiger partial charge in [0.1, 0.15) is 17.3 Å². The number of phenols is 1. The Morgan fingerprint density at radius 1 is 0.970 bits per heavy atom. The average molecular weight is 443 g/mol. The molecule has 2 N–H and O–H groups in total. The molecule has 1 saturated heterocycles. The van der Waals surface area contributed by atoms with Crippen molar-refractivity contribution in [3.8, 4) is 11.5 Å². The summed E-state index contributed by atoms with van der Waals surface area (Å²) in [6.45, 7) is 2.72. The molecule has 0 aromatic heterocycles. The number of phenolic OH excluding ortho intramolecular Hbond substituents is 1. The van der Waals surface area contributed by atoms with Crippen molar-refractivity contribution in [1.29, 1.82) is 0 Å². The van der Waals surface area contributed by atoms with Crippen LogP contribution in [0.5, 0.6) is 11.5 Å². The highest BCUT2D eigenvalue weighted by Gasteiger charge is 2.46. The van der Waals surface area contributed by atoms with E-state index in [1.165, 1.54) is 17.0 Å². The van der Waals surface area contributed by atoms with E-state index in [2.05, 4.69) is 0 Å². The van der Waals surface area contributed by atoms with Crippen LogP contribution in [0.1, 0.15) is 36.1 Å². The summed E-state index contributed by atoms with van der Waals surface area (Å²) in [6.07, 6.45) is 0.835. The lowest BCUT2D eigenvalue weighted by atomic mass is 9.95. The predicted octanol–water partition coefficient (Wildman–Crippen LogP) is 4.80. The molecule has 4 rings (SSSR count). The van der Waals surface area contributed by atoms with Crippen molar-refractivity contribution in [3.05, 3.63) is 101 Å². The van der Waals surface area contributed by atoms with Crippen LogP contribution in [0, 0.1) is 0 Å². The lowest BCUT2D eigenvalue weighted by Gasteiger charge is -2.25. The number of benzene rings is 3. The van der Waals surface area contributed by atoms with Crippen molar-refractivity contribution in [2.45, 2.75) is 25.9 Å². The fraction of sp³-hybridized carbons (Fsp3) is 0.185. The molecule has 1 heterocycles. The number of ether oxygens (including phenoxy) is 1. The largest absolute Gasteiger partial charge is 0.508 e. The van der Waals surface area contributed by atoms with Crippen LogP contribution < -0.4 is 4.74 Å². The number of aliphatic hydroxyl groups excluding tert-OH is 1. The van der Waals surface area contributed by atoms with E-state index in [0.29, 0.717) is 23.5 Å². The van der Waals surface area contributed by atoms with E-state index in [1.807, 2.05) is 37.3 Å². The van der Waals surface area contributed by atoms with Crippen molar-refractivity contribution in [2.75, 3.05) is 6.61 Å². The summed E-state index contributed by atoms with van der Waals surface area (Å²) in [5.41, 5.74) is 1.88. The summed E-state index contributed by atoms with van der Waals surface area (Å²) in [5, 5.41) is 20.9. The number of amides is 1. The highest BCUT2D eigenvalue weighted by atomic mass is 16.5. The Balaban J connectivity index is 1.81. The number of nitrogens with zero attached hydrogens (tertiary/aromatic N) is 1. The van der Waals surface area contributed by atoms with E-state index < -0.39 is 17.7 Å². The first-order chi connectivity index (χ1) is 16.0. The molecule has 0 saturated carbocycles. The van der Waals surface area contributed by atoms with Gasteiger partial charge in [-0.3, -0.25) is 9.59 Å². The lowest BCUT2D eigenvalue weighted by molar-refractivity contribution is -0.140. The van der Waals surface area contributed by atoms with Gasteiger partial charge in [0.15, 0.2) is 0 Å². The van der Waals surface area contributed by atoms with Gasteiger partial charge in [-0.05, 0) is 41.8 Å². The summed E-state index contributed by atoms with van der Waals surface area (Å²) in [6, 6.07) is 21.7. The molecule has 0 bridgehead atoms. The third-order valence-electron chi connectivity index (χ3n) is 5.52. The van der Waals surface area contributed by atoms with Crippen molar-refractivity contribution in [3.63, 3.8) is 0 Å². The maximum Gasteiger partial charge on any atom is 0.295 e. The van der Waals surface area contributed by atoms with Gasteiger partial charge in [-0.15, -0.1) is 0 Å². The highest BCUT2D eigenvalue weighted by molar-refractivity contribution is 6.46. The lowest BCUT2D eigenvalue weighted by Crippen LogP contribution is -2.29. The Labute approximate surface area is 192 Å². The van der Waals surface area contributed by atoms with E-state index in [1.54, 1.807) is 36.4 Å². The SMILES string of the molecule is CCCOc1cccc(/C(O)=C2\C(=O)C(=O)N(Cc3ccccc3)C2c2ccc(O)cc2)c1. The van der Waals surface area contributed by atoms with Crippen LogP contribution >= 0.6 is 0 Å². The van der Waals surface area contributed by atoms with E-state index in [9.17, 15) is 19.8 Å². The number of carbonyl (C=O) groups is 2. The van der Waals surface area contributed by atoms with Crippen molar-refractivity contribution >= 4 is 17.4 Å². The van der Waals surface area contributed by atoms with Crippen molar-refractivity contribution < 1.29 is 24.5 Å². The van der Waals surface area contributed by atoms with E-state index in [4.69, 9.17) is 4.74 Å². The molecule has 0 radical (unpaired) electrons. The third-order valence-corrected chi connectivity index (χ3v) is 5.52. The Hall–Kier alpha value is -4.06. The molecular weight excluding hydrogens is 418 g/mol. The van der Waals surface area contributed by atoms with Gasteiger partial charge < -0.3 is 19.8 Å². The molecule has 6 nitrogen and oxygen atoms in total. The normalized spacial score (nSPS) is 17.4. The molecule has 0 aliphatic carbocycles. The number of ketones is 1. The molecule has 6 heteroatoms. The van der Waals surface area contributed by atoms with Crippen LogP contribution in [-0.4, -0.2) is 33.4 Å². The maximum absolute atomic E-state index is 13.1. The second-order valence-corrected chi connectivity index (χ2v) is 7.88. The number of Topliss-reactive ketones (excluding diaryl/α,β-unsaturated/α-hetero) is 1. The van der Waals surface area contributed by atoms with E-state index >= 15 is 0 Å². The molecule has 1 unspecified atom stereocenters. The first kappa shape index (κ1) is 22.1. The van der Waals surface area contributed by atoms with Crippen molar-refractivity contribution in [2.24, 2.45) is 0 Å². The minimum atomic E-state index is -0.800. The fourth-order valence-electron chi connectivity index (χ4n) is 3.93. The number of rotatable bonds is 7. The van der Waals surface area contributed by atoms with Crippen LogP contribution in [0.15, 0.2) is 84.4 Å². The molecule has 0 spiro atoms. The van der Waals surface area contributed by atoms with E-state index in [0.717, 1.165) is 12.0 Å². The predicted molar refractivity (Wildman–Crippen MR) is 125 cm³/mol. The Bertz CT molecular complexity index is 1180. The highest BCUT2D eigenvalue weighted by Crippen LogP contribution is 2.40. The number of aromatic hydroxyl groups is 1. The van der Waals surface area contributed by atoms with Gasteiger partial charge in [-0.25, -0.2) is 0 Å². The molecule has 168 valence electrons. The van der Waals surface area contributed by atoms with Gasteiger partial charge >= 0.3 is 0 Å². The third kappa shape index (κ3) is 4.60. The van der Waals surface area contributed by atoms with Gasteiger partial charge in [-0.1, -0.05) is 61.5 Å². The molecular formula is C27H25NO5. The summed E-state index contributed by atoms with van der Waals surface area (Å²) in [5.74, 6) is -1.05. The summed E-state index contributed by atoms with van der Waals surface area (Å²) in [4.78, 5) is 27.7. The van der Waals surface area contributed by atoms with Crippen LogP contribution in [-0.2, 0) is 16.1 Å². The molecule has 1 fully saturated rings. The molecule has 1 amide bonds. The van der Waals surface area contributed by atoms with Gasteiger partial charge in [0.25, 0.3) is 11.7 Å². The number of hydrogen-bond acceptors (Lipinski definition) is 5. The Morgan fingerprint density at radius 2 is 1.70 bits per heavy atom. The zero-order valence-corrected chi connectivity index (χ0v) is 18.3. The minimum Gasteiger partial charge on any atom is -0.508 e. The molecule has 3 aromatic rings. The molecule has 33 heavy (non-hydrogen) atoms. The van der Waals surface area contributed by atoms with Crippen LogP contribution in [0.3, 0.4) is 0 Å². The fourth-order valence-corrected chi connectivity index (χ4v) is 3.93. The first-order valence-electron chi connectivity index (χ1n) is 10.8. The van der Waals surface area contributed by atoms with Gasteiger partial charge in [0, 0.05) is 12.1 Å². The van der Waals surface area contributed by atoms with Crippen molar-refractivity contribution in [1.82, 2.24) is 4.90 Å². The minimum absolute atomic E-state index is 0.00858. The zero-order valence-electron chi connectivity index (χ0n) is 18.3. The Morgan fingerprint density at radius 3 is 2.39 bits per heavy atom. The first-order valence-corrected chi connectivity index (χ1v) is 10.8. The quantitative estimate of drug-likeness (QED) is 0.311. The molecule has 1 aliphatic rings. The summed E-state index contributed by atoms with van der Waals surface area (Å²) in [7, 11) is 0. The van der Waals surface area contributed by atoms with Gasteiger partial charge in [0.05, 0.1) is 18.2 Å². The standard InChI is InChI=1S/C27H25NO5/c1-2-15-33-22-10-6-9-20(16-22)25(30)23-24(19-11-13-21(29)14-12-19)28(27(32)26(23)31)17-18-7-4-3-5-8-18/h3-14,16,24,29-30H,2,15,17H2,1H3/b25-23+. The second-order valence-electron chi connectivity index (χ2n) is 7.88. The van der Waals surface area contributed by atoms with Crippen LogP contribution in [0.2, 0.25) is 0 Å². The number of likely N-dealkylation sites (tertiary alicyclic amines) is 1. The monoisotopic (exact) mass is 443 g/mol. The topological polar surface area (TPSA) is 87.1 Å². The zero-order chi connectivity index (χ0) is 23.4. The molecule has 1 atom stereocenters. The number of aliphatic hydroxyl groups is 1. The average Bonchev–Trinajstić information content (AvgIpc) is 3.08. The van der Waals surface area contributed by atoms with Gasteiger partial charge in [0.2, 0.25) is 0 Å². The van der Waals surface area contributed by atoms with Crippen LogP contribution in [0.4, 0.5) is 0 Å². The number of carbonyl (C=O) groups excluding carboxylic acids is 2. The summed E-state index contributed by atoms with van der Waals surface area (Å²) >= 11 is 0. The van der Waals surface area contributed by atoms with Crippen LogP contribution in [0.25, 0.3) is 5.76 Å². The molecule has 3 aromatic carbocycles. The van der Waals surface area contributed by atoms with E-state index in [-0.39, 0.29) is 23.6 Å². The second kappa shape index (κ2) is 9.61. The van der Waals surface area contributed by atoms with Gasteiger partial charge in [-0.2, -0.15) is 0 Å². The smallest absolute Gasteiger partial charge is 0.295 e.